The summed E-state index contributed by atoms with van der Waals surface area (Å²) in [5.41, 5.74) is 1.48. The van der Waals surface area contributed by atoms with E-state index >= 15 is 0 Å². The Labute approximate surface area is 156 Å². The van der Waals surface area contributed by atoms with Crippen LogP contribution in [0, 0.1) is 24.5 Å². The molecule has 4 fully saturated rings. The van der Waals surface area contributed by atoms with E-state index in [1.54, 1.807) is 6.20 Å². The zero-order valence-corrected chi connectivity index (χ0v) is 15.2. The van der Waals surface area contributed by atoms with Gasteiger partial charge in [-0.3, -0.25) is 9.69 Å². The van der Waals surface area contributed by atoms with E-state index in [-0.39, 0.29) is 23.9 Å². The average molecular weight is 372 g/mol. The van der Waals surface area contributed by atoms with Gasteiger partial charge in [0.25, 0.3) is 5.91 Å². The van der Waals surface area contributed by atoms with E-state index in [2.05, 4.69) is 14.9 Å². The molecule has 0 unspecified atom stereocenters. The van der Waals surface area contributed by atoms with Crippen LogP contribution in [-0.2, 0) is 0 Å². The van der Waals surface area contributed by atoms with Crippen LogP contribution >= 0.6 is 0 Å². The van der Waals surface area contributed by atoms with Crippen LogP contribution in [-0.4, -0.2) is 57.4 Å². The van der Waals surface area contributed by atoms with Gasteiger partial charge in [-0.25, -0.2) is 13.8 Å². The van der Waals surface area contributed by atoms with Gasteiger partial charge in [-0.2, -0.15) is 0 Å². The Morgan fingerprint density at radius 3 is 2.48 bits per heavy atom. The molecule has 2 aromatic rings. The molecule has 4 aliphatic heterocycles. The summed E-state index contributed by atoms with van der Waals surface area (Å²) in [6, 6.07) is 3.91. The number of likely N-dealkylation sites (tertiary alicyclic amines) is 1. The highest BCUT2D eigenvalue weighted by molar-refractivity contribution is 5.91. The molecule has 142 valence electrons. The predicted octanol–water partition coefficient (Wildman–Crippen LogP) is 2.70. The molecule has 0 radical (unpaired) electrons. The van der Waals surface area contributed by atoms with Gasteiger partial charge < -0.3 is 9.88 Å². The van der Waals surface area contributed by atoms with Gasteiger partial charge in [0, 0.05) is 36.5 Å². The second-order valence-corrected chi connectivity index (χ2v) is 8.04. The summed E-state index contributed by atoms with van der Waals surface area (Å²) in [5, 5.41) is 0. The number of hydrogen-bond donors (Lipinski definition) is 1. The fraction of sp³-hybridized carbons (Fsp3) is 0.500. The summed E-state index contributed by atoms with van der Waals surface area (Å²) >= 11 is 0. The molecule has 1 amide bonds. The molecule has 4 saturated heterocycles. The molecule has 0 saturated carbocycles. The van der Waals surface area contributed by atoms with Crippen molar-refractivity contribution < 1.29 is 13.6 Å². The summed E-state index contributed by atoms with van der Waals surface area (Å²) in [7, 11) is 0. The fourth-order valence-electron chi connectivity index (χ4n) is 5.39. The van der Waals surface area contributed by atoms with Crippen LogP contribution in [0.5, 0.6) is 0 Å². The first kappa shape index (κ1) is 16.9. The van der Waals surface area contributed by atoms with Gasteiger partial charge in [-0.1, -0.05) is 0 Å². The van der Waals surface area contributed by atoms with Gasteiger partial charge >= 0.3 is 0 Å². The molecule has 1 N–H and O–H groups in total. The topological polar surface area (TPSA) is 52.2 Å². The van der Waals surface area contributed by atoms with Crippen molar-refractivity contribution in [2.24, 2.45) is 5.92 Å². The summed E-state index contributed by atoms with van der Waals surface area (Å²) in [6.07, 6.45) is 3.77. The van der Waals surface area contributed by atoms with Crippen LogP contribution in [0.3, 0.4) is 0 Å². The molecule has 1 aromatic heterocycles. The lowest BCUT2D eigenvalue weighted by Crippen LogP contribution is -2.60. The number of aromatic amines is 1. The second kappa shape index (κ2) is 6.12. The standard InChI is InChI=1S/C20H22F2N4O/c1-11-9-23-19(24-11)20(27)26-10-16(13-6-14(21)8-15(22)7-13)18-17(26)12-2-4-25(18)5-3-12/h6-9,12,16-18H,2-5,10H2,1H3,(H,23,24)/t16-,17-,18-/m1/s1. The number of amides is 1. The molecular formula is C20H22F2N4O. The number of aromatic nitrogens is 2. The van der Waals surface area contributed by atoms with Crippen LogP contribution < -0.4 is 0 Å². The Hall–Kier alpha value is -2.28. The van der Waals surface area contributed by atoms with Crippen molar-refractivity contribution in [3.8, 4) is 0 Å². The van der Waals surface area contributed by atoms with Gasteiger partial charge in [0.2, 0.25) is 0 Å². The molecule has 0 aliphatic carbocycles. The lowest BCUT2D eigenvalue weighted by atomic mass is 9.75. The summed E-state index contributed by atoms with van der Waals surface area (Å²) in [5.74, 6) is -0.570. The number of aryl methyl sites for hydroxylation is 1. The third-order valence-electron chi connectivity index (χ3n) is 6.47. The molecule has 5 heterocycles. The third-order valence-corrected chi connectivity index (χ3v) is 6.47. The van der Waals surface area contributed by atoms with Crippen molar-refractivity contribution in [1.29, 1.82) is 0 Å². The Morgan fingerprint density at radius 1 is 1.15 bits per heavy atom. The lowest BCUT2D eigenvalue weighted by Gasteiger charge is -2.51. The minimum absolute atomic E-state index is 0.0711. The predicted molar refractivity (Wildman–Crippen MR) is 95.3 cm³/mol. The number of nitrogens with zero attached hydrogens (tertiary/aromatic N) is 3. The van der Waals surface area contributed by atoms with Gasteiger partial charge in [-0.05, 0) is 56.5 Å². The van der Waals surface area contributed by atoms with Gasteiger partial charge in [0.15, 0.2) is 5.82 Å². The van der Waals surface area contributed by atoms with Gasteiger partial charge in [0.1, 0.15) is 11.6 Å². The fourth-order valence-corrected chi connectivity index (χ4v) is 5.39. The average Bonchev–Trinajstić information content (AvgIpc) is 3.26. The molecular weight excluding hydrogens is 350 g/mol. The third kappa shape index (κ3) is 2.67. The molecule has 6 rings (SSSR count). The lowest BCUT2D eigenvalue weighted by molar-refractivity contribution is -0.00377. The highest BCUT2D eigenvalue weighted by Crippen LogP contribution is 2.47. The first-order valence-electron chi connectivity index (χ1n) is 9.54. The molecule has 7 heteroatoms. The number of H-pyrrole nitrogens is 1. The van der Waals surface area contributed by atoms with E-state index in [9.17, 15) is 13.6 Å². The smallest absolute Gasteiger partial charge is 0.289 e. The number of nitrogens with one attached hydrogen (secondary N) is 1. The molecule has 2 bridgehead atoms. The Bertz CT molecular complexity index is 870. The highest BCUT2D eigenvalue weighted by atomic mass is 19.1. The number of piperidine rings is 3. The second-order valence-electron chi connectivity index (χ2n) is 8.04. The van der Waals surface area contributed by atoms with Crippen LogP contribution in [0.4, 0.5) is 8.78 Å². The van der Waals surface area contributed by atoms with Gasteiger partial charge in [-0.15, -0.1) is 0 Å². The van der Waals surface area contributed by atoms with Crippen LogP contribution in [0.15, 0.2) is 24.4 Å². The quantitative estimate of drug-likeness (QED) is 0.882. The number of halogens is 2. The maximum atomic E-state index is 13.9. The van der Waals surface area contributed by atoms with Crippen molar-refractivity contribution in [3.05, 3.63) is 53.1 Å². The molecule has 3 atom stereocenters. The van der Waals surface area contributed by atoms with E-state index < -0.39 is 11.6 Å². The molecule has 27 heavy (non-hydrogen) atoms. The summed E-state index contributed by atoms with van der Waals surface area (Å²) in [4.78, 5) is 24.7. The number of imidazole rings is 1. The van der Waals surface area contributed by atoms with E-state index in [0.29, 0.717) is 23.9 Å². The van der Waals surface area contributed by atoms with Crippen molar-refractivity contribution in [2.75, 3.05) is 19.6 Å². The molecule has 0 spiro atoms. The first-order valence-corrected chi connectivity index (χ1v) is 9.54. The van der Waals surface area contributed by atoms with E-state index in [4.69, 9.17) is 0 Å². The number of fused-ring (bicyclic) bond motifs is 2. The van der Waals surface area contributed by atoms with Crippen LogP contribution in [0.25, 0.3) is 0 Å². The Kier molecular flexibility index (Phi) is 3.82. The highest BCUT2D eigenvalue weighted by Gasteiger charge is 2.55. The largest absolute Gasteiger partial charge is 0.338 e. The number of hydrogen-bond acceptors (Lipinski definition) is 3. The van der Waals surface area contributed by atoms with Crippen molar-refractivity contribution >= 4 is 5.91 Å². The maximum Gasteiger partial charge on any atom is 0.289 e. The van der Waals surface area contributed by atoms with Gasteiger partial charge in [0.05, 0.1) is 6.04 Å². The first-order chi connectivity index (χ1) is 13.0. The van der Waals surface area contributed by atoms with Crippen LogP contribution in [0.2, 0.25) is 0 Å². The number of carbonyl (C=O) groups is 1. The zero-order valence-electron chi connectivity index (χ0n) is 15.2. The monoisotopic (exact) mass is 372 g/mol. The number of carbonyl (C=O) groups excluding carboxylic acids is 1. The molecule has 4 aliphatic rings. The van der Waals surface area contributed by atoms with Crippen molar-refractivity contribution in [2.45, 2.75) is 37.8 Å². The summed E-state index contributed by atoms with van der Waals surface area (Å²) in [6.45, 7) is 4.30. The van der Waals surface area contributed by atoms with E-state index in [1.165, 1.54) is 12.1 Å². The van der Waals surface area contributed by atoms with Crippen molar-refractivity contribution in [3.63, 3.8) is 0 Å². The number of benzene rings is 1. The van der Waals surface area contributed by atoms with E-state index in [0.717, 1.165) is 37.7 Å². The molecule has 1 aromatic carbocycles. The Balaban J connectivity index is 1.54. The van der Waals surface area contributed by atoms with Crippen molar-refractivity contribution in [1.82, 2.24) is 19.8 Å². The minimum Gasteiger partial charge on any atom is -0.338 e. The normalized spacial score (nSPS) is 32.0. The minimum atomic E-state index is -0.566. The maximum absolute atomic E-state index is 13.9. The molecule has 5 nitrogen and oxygen atoms in total. The SMILES string of the molecule is Cc1cnc(C(=O)N2C[C@H](c3cc(F)cc(F)c3)[C@@H]3[C@H]2C2CCN3CC2)[nH]1. The van der Waals surface area contributed by atoms with E-state index in [1.807, 2.05) is 11.8 Å². The number of rotatable bonds is 2. The Morgan fingerprint density at radius 2 is 1.85 bits per heavy atom. The zero-order chi connectivity index (χ0) is 18.7. The van der Waals surface area contributed by atoms with Crippen LogP contribution in [0.1, 0.15) is 40.6 Å². The summed E-state index contributed by atoms with van der Waals surface area (Å²) < 4.78 is 27.7.